The lowest BCUT2D eigenvalue weighted by atomic mass is 10.1. The van der Waals surface area contributed by atoms with Crippen LogP contribution in [0.3, 0.4) is 0 Å². The van der Waals surface area contributed by atoms with Crippen LogP contribution >= 0.6 is 11.6 Å². The second-order valence-electron chi connectivity index (χ2n) is 7.44. The number of sulfone groups is 1. The number of ether oxygens (including phenoxy) is 2. The van der Waals surface area contributed by atoms with Crippen LogP contribution < -0.4 is 4.74 Å². The number of nitro benzene ring substituents is 1. The number of nitrogens with zero attached hydrogens (tertiary/aromatic N) is 1. The quantitative estimate of drug-likeness (QED) is 0.160. The summed E-state index contributed by atoms with van der Waals surface area (Å²) in [5, 5.41) is 11.2. The van der Waals surface area contributed by atoms with Crippen molar-refractivity contribution in [2.24, 2.45) is 0 Å². The highest BCUT2D eigenvalue weighted by Crippen LogP contribution is 2.37. The highest BCUT2D eigenvalue weighted by atomic mass is 35.5. The minimum Gasteiger partial charge on any atom is -0.457 e. The van der Waals surface area contributed by atoms with Crippen molar-refractivity contribution in [2.45, 2.75) is 18.2 Å². The van der Waals surface area contributed by atoms with E-state index in [1.54, 1.807) is 12.1 Å². The molecule has 3 aromatic carbocycles. The third-order valence-corrected chi connectivity index (χ3v) is 6.89. The molecule has 0 amide bonds. The molecule has 0 radical (unpaired) electrons. The van der Waals surface area contributed by atoms with E-state index in [2.05, 4.69) is 0 Å². The van der Waals surface area contributed by atoms with Crippen LogP contribution in [0.5, 0.6) is 11.5 Å². The molecule has 0 aromatic heterocycles. The molecular weight excluding hydrogens is 498 g/mol. The van der Waals surface area contributed by atoms with Gasteiger partial charge in [0.25, 0.3) is 0 Å². The van der Waals surface area contributed by atoms with Gasteiger partial charge in [-0.2, -0.15) is 0 Å². The van der Waals surface area contributed by atoms with Crippen LogP contribution in [0.4, 0.5) is 5.69 Å². The summed E-state index contributed by atoms with van der Waals surface area (Å²) in [6.45, 7) is 1.26. The molecule has 0 fully saturated rings. The Labute approximate surface area is 206 Å². The Balaban J connectivity index is 1.54. The van der Waals surface area contributed by atoms with Crippen molar-refractivity contribution in [1.82, 2.24) is 0 Å². The first-order valence-corrected chi connectivity index (χ1v) is 12.3. The maximum absolute atomic E-state index is 12.3. The first-order chi connectivity index (χ1) is 16.6. The highest BCUT2D eigenvalue weighted by Gasteiger charge is 2.20. The Kier molecular flexibility index (Phi) is 8.21. The number of para-hydroxylation sites is 1. The number of esters is 1. The average Bonchev–Trinajstić information content (AvgIpc) is 2.83. The Morgan fingerprint density at radius 2 is 1.66 bits per heavy atom. The number of ketones is 1. The van der Waals surface area contributed by atoms with Crippen LogP contribution in [-0.4, -0.2) is 37.5 Å². The molecule has 9 nitrogen and oxygen atoms in total. The topological polar surface area (TPSA) is 130 Å². The summed E-state index contributed by atoms with van der Waals surface area (Å²) in [5.41, 5.74) is 0.798. The molecule has 3 aromatic rings. The van der Waals surface area contributed by atoms with Crippen molar-refractivity contribution in [1.29, 1.82) is 0 Å². The normalized spacial score (nSPS) is 11.0. The van der Waals surface area contributed by atoms with Gasteiger partial charge >= 0.3 is 11.7 Å². The zero-order valence-corrected chi connectivity index (χ0v) is 20.0. The molecule has 35 heavy (non-hydrogen) atoms. The Hall–Kier alpha value is -3.76. The van der Waals surface area contributed by atoms with E-state index >= 15 is 0 Å². The van der Waals surface area contributed by atoms with Gasteiger partial charge in [0.2, 0.25) is 5.75 Å². The number of aryl methyl sites for hydroxylation is 1. The summed E-state index contributed by atoms with van der Waals surface area (Å²) in [4.78, 5) is 34.9. The van der Waals surface area contributed by atoms with E-state index in [-0.39, 0.29) is 32.7 Å². The fraction of sp³-hybridized carbons (Fsp3) is 0.167. The van der Waals surface area contributed by atoms with E-state index in [9.17, 15) is 28.1 Å². The second-order valence-corrected chi connectivity index (χ2v) is 9.95. The van der Waals surface area contributed by atoms with Gasteiger partial charge in [-0.05, 0) is 49.4 Å². The lowest BCUT2D eigenvalue weighted by Crippen LogP contribution is -2.17. The summed E-state index contributed by atoms with van der Waals surface area (Å²) >= 11 is 6.00. The Morgan fingerprint density at radius 3 is 2.29 bits per heavy atom. The minimum atomic E-state index is -3.66. The van der Waals surface area contributed by atoms with Crippen LogP contribution in [0.1, 0.15) is 22.3 Å². The molecule has 0 aliphatic heterocycles. The van der Waals surface area contributed by atoms with Crippen molar-refractivity contribution in [3.8, 4) is 11.5 Å². The zero-order chi connectivity index (χ0) is 25.6. The van der Waals surface area contributed by atoms with Gasteiger partial charge in [-0.3, -0.25) is 19.7 Å². The summed E-state index contributed by atoms with van der Waals surface area (Å²) in [7, 11) is -3.66. The number of carbonyl (C=O) groups is 2. The number of hydrogen-bond acceptors (Lipinski definition) is 8. The number of benzene rings is 3. The third-order valence-electron chi connectivity index (χ3n) is 4.86. The van der Waals surface area contributed by atoms with Crippen molar-refractivity contribution < 1.29 is 32.4 Å². The monoisotopic (exact) mass is 517 g/mol. The molecule has 3 rings (SSSR count). The zero-order valence-electron chi connectivity index (χ0n) is 18.5. The van der Waals surface area contributed by atoms with Crippen LogP contribution in [0.25, 0.3) is 0 Å². The lowest BCUT2D eigenvalue weighted by molar-refractivity contribution is -0.385. The highest BCUT2D eigenvalue weighted by molar-refractivity contribution is 7.91. The number of rotatable bonds is 10. The number of carbonyl (C=O) groups excluding carboxylic acids is 2. The molecule has 0 bridgehead atoms. The maximum atomic E-state index is 12.3. The fourth-order valence-electron chi connectivity index (χ4n) is 2.95. The Morgan fingerprint density at radius 1 is 1.00 bits per heavy atom. The van der Waals surface area contributed by atoms with Gasteiger partial charge in [0.15, 0.2) is 22.2 Å². The summed E-state index contributed by atoms with van der Waals surface area (Å²) in [5.74, 6) is -1.71. The molecule has 0 N–H and O–H groups in total. The van der Waals surface area contributed by atoms with E-state index in [0.29, 0.717) is 0 Å². The predicted molar refractivity (Wildman–Crippen MR) is 128 cm³/mol. The standard InChI is InChI=1S/C24H20ClNO8S/c1-16-5-11-19(12-6-16)35(31,32)14-13-23(28)33-15-22(27)17-7-9-18(10-8-17)34-24-20(25)3-2-4-21(24)26(29)30/h2-12H,13-15H2,1H3. The molecule has 0 heterocycles. The van der Waals surface area contributed by atoms with Crippen LogP contribution in [0, 0.1) is 17.0 Å². The molecular formula is C24H20ClNO8S. The van der Waals surface area contributed by atoms with Crippen LogP contribution in [-0.2, 0) is 19.4 Å². The minimum absolute atomic E-state index is 0.0515. The van der Waals surface area contributed by atoms with Crippen molar-refractivity contribution in [3.63, 3.8) is 0 Å². The smallest absolute Gasteiger partial charge is 0.313 e. The van der Waals surface area contributed by atoms with E-state index in [1.165, 1.54) is 54.6 Å². The van der Waals surface area contributed by atoms with Crippen LogP contribution in [0.2, 0.25) is 5.02 Å². The summed E-state index contributed by atoms with van der Waals surface area (Å²) < 4.78 is 35.1. The van der Waals surface area contributed by atoms with Gasteiger partial charge in [0.1, 0.15) is 5.75 Å². The Bertz CT molecular complexity index is 1350. The van der Waals surface area contributed by atoms with Crippen molar-refractivity contribution in [3.05, 3.63) is 93.0 Å². The van der Waals surface area contributed by atoms with Crippen LogP contribution in [0.15, 0.2) is 71.6 Å². The number of nitro groups is 1. The SMILES string of the molecule is Cc1ccc(S(=O)(=O)CCC(=O)OCC(=O)c2ccc(Oc3c(Cl)cccc3[N+](=O)[O-])cc2)cc1. The average molecular weight is 518 g/mol. The first kappa shape index (κ1) is 25.9. The van der Waals surface area contributed by atoms with Gasteiger partial charge in [-0.1, -0.05) is 35.4 Å². The molecule has 182 valence electrons. The number of Topliss-reactive ketones (excluding diaryl/α,β-unsaturated/α-hetero) is 1. The molecule has 0 saturated heterocycles. The molecule has 0 aliphatic rings. The van der Waals surface area contributed by atoms with E-state index in [1.807, 2.05) is 6.92 Å². The summed E-state index contributed by atoms with van der Waals surface area (Å²) in [6.07, 6.45) is -0.396. The van der Waals surface area contributed by atoms with Gasteiger partial charge in [-0.15, -0.1) is 0 Å². The molecule has 11 heteroatoms. The fourth-order valence-corrected chi connectivity index (χ4v) is 4.38. The molecule has 0 unspecified atom stereocenters. The van der Waals surface area contributed by atoms with Gasteiger partial charge in [0.05, 0.1) is 27.0 Å². The van der Waals surface area contributed by atoms with E-state index in [4.69, 9.17) is 21.1 Å². The van der Waals surface area contributed by atoms with Gasteiger partial charge in [0, 0.05) is 11.6 Å². The number of halogens is 1. The molecule has 0 saturated carbocycles. The third kappa shape index (κ3) is 6.87. The lowest BCUT2D eigenvalue weighted by Gasteiger charge is -2.09. The van der Waals surface area contributed by atoms with Crippen molar-refractivity contribution in [2.75, 3.05) is 12.4 Å². The first-order valence-electron chi connectivity index (χ1n) is 10.3. The second kappa shape index (κ2) is 11.1. The predicted octanol–water partition coefficient (Wildman–Crippen LogP) is 4.94. The van der Waals surface area contributed by atoms with Crippen molar-refractivity contribution >= 4 is 38.9 Å². The van der Waals surface area contributed by atoms with E-state index in [0.717, 1.165) is 5.56 Å². The molecule has 0 spiro atoms. The molecule has 0 aliphatic carbocycles. The van der Waals surface area contributed by atoms with E-state index < -0.39 is 45.3 Å². The summed E-state index contributed by atoms with van der Waals surface area (Å²) in [6, 6.07) is 16.0. The maximum Gasteiger partial charge on any atom is 0.313 e. The van der Waals surface area contributed by atoms with Gasteiger partial charge < -0.3 is 9.47 Å². The largest absolute Gasteiger partial charge is 0.457 e. The van der Waals surface area contributed by atoms with Gasteiger partial charge in [-0.25, -0.2) is 8.42 Å². The number of hydrogen-bond donors (Lipinski definition) is 0. The molecule has 0 atom stereocenters.